The highest BCUT2D eigenvalue weighted by Crippen LogP contribution is 2.25. The highest BCUT2D eigenvalue weighted by Gasteiger charge is 2.35. The van der Waals surface area contributed by atoms with Crippen LogP contribution in [0.25, 0.3) is 0 Å². The van der Waals surface area contributed by atoms with Gasteiger partial charge in [0.25, 0.3) is 10.1 Å². The van der Waals surface area contributed by atoms with Crippen LogP contribution >= 0.6 is 0 Å². The van der Waals surface area contributed by atoms with Gasteiger partial charge in [0.2, 0.25) is 0 Å². The highest BCUT2D eigenvalue weighted by atomic mass is 32.2. The fourth-order valence-corrected chi connectivity index (χ4v) is 8.58. The van der Waals surface area contributed by atoms with Crippen molar-refractivity contribution in [1.82, 2.24) is 30.2 Å². The number of alkyl carbamates (subject to hydrolysis) is 2. The molecule has 0 saturated carbocycles. The molecule has 23 nitrogen and oxygen atoms in total. The number of anilines is 2. The van der Waals surface area contributed by atoms with Gasteiger partial charge in [-0.25, -0.2) is 19.2 Å². The molecule has 0 aliphatic carbocycles. The minimum absolute atomic E-state index is 0.0570. The van der Waals surface area contributed by atoms with Gasteiger partial charge >= 0.3 is 30.3 Å². The fourth-order valence-electron chi connectivity index (χ4n) is 8.19. The monoisotopic (exact) mass is 984 g/mol. The zero-order valence-corrected chi connectivity index (χ0v) is 40.4. The molecule has 5 fully saturated rings. The van der Waals surface area contributed by atoms with Crippen LogP contribution in [0, 0.1) is 10.8 Å². The van der Waals surface area contributed by atoms with Crippen molar-refractivity contribution in [2.45, 2.75) is 57.0 Å². The minimum atomic E-state index is -3.63. The lowest BCUT2D eigenvalue weighted by molar-refractivity contribution is -0.144. The molecule has 5 heterocycles. The van der Waals surface area contributed by atoms with Crippen LogP contribution in [0.1, 0.15) is 43.7 Å². The van der Waals surface area contributed by atoms with Gasteiger partial charge in [-0.05, 0) is 95.2 Å². The first-order chi connectivity index (χ1) is 32.9. The summed E-state index contributed by atoms with van der Waals surface area (Å²) in [6.07, 6.45) is 0.426. The van der Waals surface area contributed by atoms with Crippen molar-refractivity contribution in [3.05, 3.63) is 59.7 Å². The third-order valence-electron chi connectivity index (χ3n) is 12.1. The second-order valence-corrected chi connectivity index (χ2v) is 19.2. The summed E-state index contributed by atoms with van der Waals surface area (Å²) < 4.78 is 53.4. The summed E-state index contributed by atoms with van der Waals surface area (Å²) in [5.41, 5.74) is 2.13. The molecule has 378 valence electrons. The average Bonchev–Trinajstić information content (AvgIpc) is 3.88. The molecule has 2 aromatic rings. The molecular formula is C45H64N10O13S. The Morgan fingerprint density at radius 2 is 1.09 bits per heavy atom. The molecule has 0 aromatic heterocycles. The number of likely N-dealkylation sites (tertiary alicyclic amines) is 2. The van der Waals surface area contributed by atoms with Crippen LogP contribution in [-0.4, -0.2) is 207 Å². The van der Waals surface area contributed by atoms with E-state index in [2.05, 4.69) is 34.4 Å². The summed E-state index contributed by atoms with van der Waals surface area (Å²) in [5, 5.41) is 21.2. The van der Waals surface area contributed by atoms with Crippen LogP contribution in [0.5, 0.6) is 0 Å². The van der Waals surface area contributed by atoms with Crippen molar-refractivity contribution in [3.63, 3.8) is 0 Å². The van der Waals surface area contributed by atoms with Gasteiger partial charge in [-0.15, -0.1) is 0 Å². The van der Waals surface area contributed by atoms with Crippen molar-refractivity contribution >= 4 is 63.5 Å². The van der Waals surface area contributed by atoms with Crippen molar-refractivity contribution in [1.29, 1.82) is 10.8 Å². The zero-order valence-electron chi connectivity index (χ0n) is 39.6. The van der Waals surface area contributed by atoms with Crippen molar-refractivity contribution < 1.29 is 60.3 Å². The first kappa shape index (κ1) is 52.5. The van der Waals surface area contributed by atoms with E-state index >= 15 is 0 Å². The molecule has 69 heavy (non-hydrogen) atoms. The number of hydrogen-bond donors (Lipinski definition) is 4. The summed E-state index contributed by atoms with van der Waals surface area (Å²) in [5.74, 6) is -0.378. The number of carbonyl (C=O) groups is 5. The molecule has 5 aliphatic heterocycles. The van der Waals surface area contributed by atoms with Crippen molar-refractivity contribution in [3.8, 4) is 0 Å². The molecule has 4 N–H and O–H groups in total. The van der Waals surface area contributed by atoms with E-state index in [1.807, 2.05) is 14.1 Å². The zero-order chi connectivity index (χ0) is 49.7. The molecule has 24 heteroatoms. The number of cyclic esters (lactones) is 2. The van der Waals surface area contributed by atoms with Gasteiger partial charge in [0.05, 0.1) is 32.5 Å². The topological polar surface area (TPSA) is 266 Å². The molecule has 2 atom stereocenters. The molecule has 2 unspecified atom stereocenters. The maximum absolute atomic E-state index is 12.5. The van der Waals surface area contributed by atoms with Gasteiger partial charge < -0.3 is 33.5 Å². The number of nitrogens with one attached hydrogen (secondary N) is 4. The third-order valence-corrected chi connectivity index (χ3v) is 12.6. The predicted molar refractivity (Wildman–Crippen MR) is 252 cm³/mol. The SMILES string of the molecule is CCOC(=O)CN1CCN(CC2CN(c3ccc(C(=N)NC(=O)OC4CCN(C)CC4)cc3)C(=O)O2)CC1.CN1CCC(OC(=O)NC(=N)c2ccc(N3CC(COS(C)(=O)=O)OC3=O)cc2)CC1. The molecule has 0 radical (unpaired) electrons. The number of nitrogens with zero attached hydrogens (tertiary/aromatic N) is 6. The molecule has 5 aliphatic rings. The number of esters is 1. The van der Waals surface area contributed by atoms with Crippen LogP contribution in [0.4, 0.5) is 30.6 Å². The second-order valence-electron chi connectivity index (χ2n) is 17.5. The van der Waals surface area contributed by atoms with Crippen LogP contribution in [0.3, 0.4) is 0 Å². The molecule has 2 aromatic carbocycles. The lowest BCUT2D eigenvalue weighted by atomic mass is 10.1. The van der Waals surface area contributed by atoms with Crippen LogP contribution in [0.2, 0.25) is 0 Å². The Kier molecular flexibility index (Phi) is 18.7. The Bertz CT molecular complexity index is 2230. The van der Waals surface area contributed by atoms with Gasteiger partial charge in [0.1, 0.15) is 42.7 Å². The fraction of sp³-hybridized carbons (Fsp3) is 0.578. The molecular weight excluding hydrogens is 921 g/mol. The standard InChI is InChI=1S/C26H38N6O6.C19H26N4O7S/c1-3-36-23(33)18-31-14-12-30(13-15-31)16-22-17-32(26(35)38-22)20-6-4-19(5-7-20)24(27)28-25(34)37-21-8-10-29(2)11-9-21;1-22-9-7-15(8-10-22)29-18(24)21-17(20)13-3-5-14(6-4-13)23-11-16(30-19(23)25)12-28-31(2,26)27/h4-7,21-22H,3,8-18H2,1-2H3,(H2,27,28,34);3-6,15-16H,7-12H2,1-2H3,(H2,20,21,24). The van der Waals surface area contributed by atoms with E-state index in [1.54, 1.807) is 60.4 Å². The summed E-state index contributed by atoms with van der Waals surface area (Å²) >= 11 is 0. The molecule has 4 amide bonds. The largest absolute Gasteiger partial charge is 0.465 e. The maximum Gasteiger partial charge on any atom is 0.414 e. The van der Waals surface area contributed by atoms with Crippen LogP contribution in [0.15, 0.2) is 48.5 Å². The van der Waals surface area contributed by atoms with Gasteiger partial charge in [0.15, 0.2) is 0 Å². The van der Waals surface area contributed by atoms with E-state index in [9.17, 15) is 32.4 Å². The minimum Gasteiger partial charge on any atom is -0.465 e. The van der Waals surface area contributed by atoms with E-state index in [-0.39, 0.29) is 49.1 Å². The molecule has 0 bridgehead atoms. The van der Waals surface area contributed by atoms with Crippen molar-refractivity contribution in [2.24, 2.45) is 0 Å². The van der Waals surface area contributed by atoms with Gasteiger partial charge in [-0.1, -0.05) is 0 Å². The van der Waals surface area contributed by atoms with Crippen molar-refractivity contribution in [2.75, 3.05) is 122 Å². The highest BCUT2D eigenvalue weighted by molar-refractivity contribution is 7.86. The summed E-state index contributed by atoms with van der Waals surface area (Å²) in [6, 6.07) is 13.2. The molecule has 5 saturated heterocycles. The van der Waals surface area contributed by atoms with Gasteiger partial charge in [0, 0.05) is 81.4 Å². The Labute approximate surface area is 402 Å². The first-order valence-corrected chi connectivity index (χ1v) is 24.8. The number of piperidine rings is 2. The van der Waals surface area contributed by atoms with E-state index in [4.69, 9.17) is 34.5 Å². The number of carbonyl (C=O) groups excluding carboxylic acids is 5. The third kappa shape index (κ3) is 16.3. The van der Waals surface area contributed by atoms with E-state index < -0.39 is 40.6 Å². The first-order valence-electron chi connectivity index (χ1n) is 23.0. The van der Waals surface area contributed by atoms with Gasteiger partial charge in [-0.3, -0.25) is 50.0 Å². The number of piperazine rings is 1. The Balaban J connectivity index is 0.000000232. The Morgan fingerprint density at radius 1 is 0.667 bits per heavy atom. The van der Waals surface area contributed by atoms with Crippen LogP contribution in [-0.2, 0) is 42.8 Å². The average molecular weight is 985 g/mol. The number of amides is 4. The summed E-state index contributed by atoms with van der Waals surface area (Å²) in [7, 11) is 0.424. The van der Waals surface area contributed by atoms with E-state index in [1.165, 1.54) is 4.90 Å². The number of amidine groups is 2. The molecule has 0 spiro atoms. The Morgan fingerprint density at radius 3 is 1.52 bits per heavy atom. The lowest BCUT2D eigenvalue weighted by Crippen LogP contribution is -2.50. The smallest absolute Gasteiger partial charge is 0.414 e. The molecule has 7 rings (SSSR count). The summed E-state index contributed by atoms with van der Waals surface area (Å²) in [6.45, 7) is 9.99. The number of benzene rings is 2. The van der Waals surface area contributed by atoms with Crippen LogP contribution < -0.4 is 20.4 Å². The van der Waals surface area contributed by atoms with E-state index in [0.717, 1.165) is 84.3 Å². The van der Waals surface area contributed by atoms with Gasteiger partial charge in [-0.2, -0.15) is 8.42 Å². The lowest BCUT2D eigenvalue weighted by Gasteiger charge is -2.34. The summed E-state index contributed by atoms with van der Waals surface area (Å²) in [4.78, 5) is 72.1. The maximum atomic E-state index is 12.5. The quantitative estimate of drug-likeness (QED) is 0.0696. The number of hydrogen-bond acceptors (Lipinski definition) is 19. The number of ether oxygens (including phenoxy) is 5. The number of rotatable bonds is 14. The Hall–Kier alpha value is -5.92. The normalized spacial score (nSPS) is 21.1. The van der Waals surface area contributed by atoms with E-state index in [0.29, 0.717) is 48.7 Å². The predicted octanol–water partition coefficient (Wildman–Crippen LogP) is 2.47. The second kappa shape index (κ2) is 24.6.